The quantitative estimate of drug-likeness (QED) is 0.694. The first-order chi connectivity index (χ1) is 8.38. The van der Waals surface area contributed by atoms with Crippen molar-refractivity contribution in [3.63, 3.8) is 0 Å². The van der Waals surface area contributed by atoms with Crippen molar-refractivity contribution in [1.29, 1.82) is 0 Å². The minimum Gasteiger partial charge on any atom is -0.475 e. The lowest BCUT2D eigenvalue weighted by molar-refractivity contribution is 0.229. The van der Waals surface area contributed by atoms with Crippen LogP contribution < -0.4 is 15.2 Å². The summed E-state index contributed by atoms with van der Waals surface area (Å²) in [4.78, 5) is 4.14. The van der Waals surface area contributed by atoms with Crippen molar-refractivity contribution in [3.8, 4) is 5.88 Å². The molecule has 0 aliphatic carbocycles. The molecule has 6 nitrogen and oxygen atoms in total. The number of ether oxygens (including phenoxy) is 1. The van der Waals surface area contributed by atoms with E-state index < -0.39 is 10.0 Å². The zero-order chi connectivity index (χ0) is 13.6. The third-order valence-corrected chi connectivity index (χ3v) is 2.85. The van der Waals surface area contributed by atoms with Gasteiger partial charge >= 0.3 is 0 Å². The molecular formula is C11H19N3O3S. The lowest BCUT2D eigenvalue weighted by atomic mass is 10.2. The first-order valence-electron chi connectivity index (χ1n) is 5.70. The lowest BCUT2D eigenvalue weighted by Gasteiger charge is -2.13. The molecule has 0 saturated heterocycles. The normalized spacial score (nSPS) is 11.8. The number of nitrogens with two attached hydrogens (primary N) is 1. The number of rotatable bonds is 7. The fourth-order valence-corrected chi connectivity index (χ4v) is 1.75. The molecule has 0 bridgehead atoms. The van der Waals surface area contributed by atoms with E-state index in [1.807, 2.05) is 26.0 Å². The molecule has 0 saturated carbocycles. The SMILES string of the molecule is CC(C)Oc1ncccc1CNCCS(N)(=O)=O. The summed E-state index contributed by atoms with van der Waals surface area (Å²) >= 11 is 0. The number of hydrogen-bond acceptors (Lipinski definition) is 5. The van der Waals surface area contributed by atoms with E-state index in [2.05, 4.69) is 10.3 Å². The van der Waals surface area contributed by atoms with E-state index >= 15 is 0 Å². The highest BCUT2D eigenvalue weighted by molar-refractivity contribution is 7.89. The van der Waals surface area contributed by atoms with Gasteiger partial charge in [0.15, 0.2) is 0 Å². The Bertz CT molecular complexity index is 474. The van der Waals surface area contributed by atoms with Gasteiger partial charge in [-0.1, -0.05) is 6.07 Å². The zero-order valence-corrected chi connectivity index (χ0v) is 11.4. The Morgan fingerprint density at radius 2 is 2.22 bits per heavy atom. The van der Waals surface area contributed by atoms with E-state index in [9.17, 15) is 8.42 Å². The Hall–Kier alpha value is -1.18. The number of primary sulfonamides is 1. The highest BCUT2D eigenvalue weighted by atomic mass is 32.2. The topological polar surface area (TPSA) is 94.3 Å². The molecule has 0 radical (unpaired) electrons. The molecule has 0 amide bonds. The van der Waals surface area contributed by atoms with Crippen LogP contribution >= 0.6 is 0 Å². The van der Waals surface area contributed by atoms with E-state index in [1.54, 1.807) is 6.20 Å². The van der Waals surface area contributed by atoms with Crippen molar-refractivity contribution in [1.82, 2.24) is 10.3 Å². The van der Waals surface area contributed by atoms with E-state index in [1.165, 1.54) is 0 Å². The Balaban J connectivity index is 2.51. The van der Waals surface area contributed by atoms with Crippen LogP contribution in [0.25, 0.3) is 0 Å². The molecule has 1 aromatic heterocycles. The van der Waals surface area contributed by atoms with Gasteiger partial charge in [-0.2, -0.15) is 0 Å². The van der Waals surface area contributed by atoms with Crippen molar-refractivity contribution in [2.75, 3.05) is 12.3 Å². The second kappa shape index (κ2) is 6.67. The van der Waals surface area contributed by atoms with Gasteiger partial charge in [0, 0.05) is 24.8 Å². The summed E-state index contributed by atoms with van der Waals surface area (Å²) in [5.74, 6) is 0.476. The maximum absolute atomic E-state index is 10.8. The molecule has 3 N–H and O–H groups in total. The predicted octanol–water partition coefficient (Wildman–Crippen LogP) is 0.247. The number of sulfonamides is 1. The summed E-state index contributed by atoms with van der Waals surface area (Å²) < 4.78 is 27.1. The largest absolute Gasteiger partial charge is 0.475 e. The standard InChI is InChI=1S/C11H19N3O3S/c1-9(2)17-11-10(4-3-5-14-11)8-13-6-7-18(12,15)16/h3-5,9,13H,6-8H2,1-2H3,(H2,12,15,16). The van der Waals surface area contributed by atoms with Gasteiger partial charge in [0.05, 0.1) is 11.9 Å². The van der Waals surface area contributed by atoms with Crippen molar-refractivity contribution < 1.29 is 13.2 Å². The minimum absolute atomic E-state index is 0.0445. The molecule has 102 valence electrons. The minimum atomic E-state index is -3.42. The van der Waals surface area contributed by atoms with Gasteiger partial charge in [-0.25, -0.2) is 18.5 Å². The van der Waals surface area contributed by atoms with Crippen LogP contribution in [-0.2, 0) is 16.6 Å². The van der Waals surface area contributed by atoms with Crippen molar-refractivity contribution >= 4 is 10.0 Å². The van der Waals surface area contributed by atoms with Crippen LogP contribution in [0.15, 0.2) is 18.3 Å². The number of pyridine rings is 1. The smallest absolute Gasteiger partial charge is 0.218 e. The highest BCUT2D eigenvalue weighted by Crippen LogP contribution is 2.15. The number of nitrogens with zero attached hydrogens (tertiary/aromatic N) is 1. The molecule has 0 aliphatic heterocycles. The van der Waals surface area contributed by atoms with Crippen LogP contribution in [0, 0.1) is 0 Å². The lowest BCUT2D eigenvalue weighted by Crippen LogP contribution is -2.27. The van der Waals surface area contributed by atoms with E-state index in [0.717, 1.165) is 5.56 Å². The maximum atomic E-state index is 10.8. The average Bonchev–Trinajstić information content (AvgIpc) is 2.24. The maximum Gasteiger partial charge on any atom is 0.218 e. The summed E-state index contributed by atoms with van der Waals surface area (Å²) in [5, 5.41) is 7.90. The molecule has 7 heteroatoms. The van der Waals surface area contributed by atoms with Crippen molar-refractivity contribution in [2.24, 2.45) is 5.14 Å². The third kappa shape index (κ3) is 5.95. The van der Waals surface area contributed by atoms with Crippen molar-refractivity contribution in [3.05, 3.63) is 23.9 Å². The van der Waals surface area contributed by atoms with Crippen LogP contribution in [-0.4, -0.2) is 31.8 Å². The number of aromatic nitrogens is 1. The third-order valence-electron chi connectivity index (χ3n) is 2.08. The molecule has 1 rings (SSSR count). The predicted molar refractivity (Wildman–Crippen MR) is 69.7 cm³/mol. The fourth-order valence-electron chi connectivity index (χ4n) is 1.33. The highest BCUT2D eigenvalue weighted by Gasteiger charge is 2.07. The van der Waals surface area contributed by atoms with Gasteiger partial charge in [-0.05, 0) is 19.9 Å². The average molecular weight is 273 g/mol. The molecule has 0 fully saturated rings. The van der Waals surface area contributed by atoms with Gasteiger partial charge in [0.1, 0.15) is 0 Å². The molecule has 1 aromatic rings. The monoisotopic (exact) mass is 273 g/mol. The summed E-state index contributed by atoms with van der Waals surface area (Å²) in [5.41, 5.74) is 0.889. The van der Waals surface area contributed by atoms with Crippen molar-refractivity contribution in [2.45, 2.75) is 26.5 Å². The Kier molecular flexibility index (Phi) is 5.52. The van der Waals surface area contributed by atoms with Crippen LogP contribution in [0.4, 0.5) is 0 Å². The molecule has 0 unspecified atom stereocenters. The molecule has 0 aromatic carbocycles. The van der Waals surface area contributed by atoms with Gasteiger partial charge in [0.25, 0.3) is 0 Å². The summed E-state index contributed by atoms with van der Waals surface area (Å²) in [7, 11) is -3.42. The summed E-state index contributed by atoms with van der Waals surface area (Å²) in [6, 6.07) is 3.69. The van der Waals surface area contributed by atoms with Gasteiger partial charge in [-0.15, -0.1) is 0 Å². The van der Waals surface area contributed by atoms with E-state index in [4.69, 9.17) is 9.88 Å². The second-order valence-corrected chi connectivity index (χ2v) is 5.91. The second-order valence-electron chi connectivity index (χ2n) is 4.18. The molecular weight excluding hydrogens is 254 g/mol. The fraction of sp³-hybridized carbons (Fsp3) is 0.545. The zero-order valence-electron chi connectivity index (χ0n) is 10.6. The molecule has 0 atom stereocenters. The number of nitrogens with one attached hydrogen (secondary N) is 1. The Morgan fingerprint density at radius 3 is 2.83 bits per heavy atom. The molecule has 1 heterocycles. The van der Waals surface area contributed by atoms with Crippen LogP contribution in [0.3, 0.4) is 0 Å². The van der Waals surface area contributed by atoms with Crippen LogP contribution in [0.1, 0.15) is 19.4 Å². The molecule has 18 heavy (non-hydrogen) atoms. The van der Waals surface area contributed by atoms with E-state index in [-0.39, 0.29) is 11.9 Å². The first kappa shape index (κ1) is 14.9. The summed E-state index contributed by atoms with van der Waals surface area (Å²) in [6.07, 6.45) is 1.70. The van der Waals surface area contributed by atoms with Gasteiger partial charge in [-0.3, -0.25) is 0 Å². The van der Waals surface area contributed by atoms with Gasteiger partial charge in [0.2, 0.25) is 15.9 Å². The Labute approximate surface area is 108 Å². The molecule has 0 spiro atoms. The van der Waals surface area contributed by atoms with Crippen LogP contribution in [0.5, 0.6) is 5.88 Å². The Morgan fingerprint density at radius 1 is 1.50 bits per heavy atom. The van der Waals surface area contributed by atoms with Crippen LogP contribution in [0.2, 0.25) is 0 Å². The summed E-state index contributed by atoms with van der Waals surface area (Å²) in [6.45, 7) is 4.64. The number of hydrogen-bond donors (Lipinski definition) is 2. The first-order valence-corrected chi connectivity index (χ1v) is 7.42. The van der Waals surface area contributed by atoms with Gasteiger partial charge < -0.3 is 10.1 Å². The van der Waals surface area contributed by atoms with E-state index in [0.29, 0.717) is 19.0 Å². The molecule has 0 aliphatic rings.